The van der Waals surface area contributed by atoms with Crippen LogP contribution in [0.1, 0.15) is 12.8 Å². The van der Waals surface area contributed by atoms with Crippen molar-refractivity contribution in [3.05, 3.63) is 16.3 Å². The van der Waals surface area contributed by atoms with Crippen molar-refractivity contribution in [2.75, 3.05) is 7.11 Å². The summed E-state index contributed by atoms with van der Waals surface area (Å²) in [5.41, 5.74) is -0.224. The molecule has 88 valence electrons. The monoisotopic (exact) mass is 229 g/mol. The average molecular weight is 229 g/mol. The highest BCUT2D eigenvalue weighted by Crippen LogP contribution is 2.23. The molecule has 8 heteroatoms. The molecule has 0 bridgehead atoms. The van der Waals surface area contributed by atoms with Crippen LogP contribution in [0.25, 0.3) is 0 Å². The number of carbonyl (C=O) groups is 1. The van der Waals surface area contributed by atoms with E-state index in [4.69, 9.17) is 9.84 Å². The third kappa shape index (κ3) is 2.94. The minimum Gasteiger partial charge on any atom is -0.481 e. The van der Waals surface area contributed by atoms with Crippen LogP contribution < -0.4 is 4.74 Å². The van der Waals surface area contributed by atoms with Crippen molar-refractivity contribution in [3.63, 3.8) is 0 Å². The lowest BCUT2D eigenvalue weighted by Crippen LogP contribution is -2.02. The van der Waals surface area contributed by atoms with Crippen LogP contribution in [0.4, 0.5) is 5.69 Å². The molecule has 0 aromatic carbocycles. The summed E-state index contributed by atoms with van der Waals surface area (Å²) in [4.78, 5) is 20.2. The minimum atomic E-state index is -0.909. The van der Waals surface area contributed by atoms with E-state index in [2.05, 4.69) is 5.10 Å². The number of aliphatic carboxylic acids is 1. The predicted octanol–water partition coefficient (Wildman–Crippen LogP) is 0.665. The van der Waals surface area contributed by atoms with Crippen LogP contribution in [0.5, 0.6) is 5.88 Å². The van der Waals surface area contributed by atoms with Gasteiger partial charge in [-0.15, -0.1) is 5.10 Å². The second kappa shape index (κ2) is 5.10. The fraction of sp³-hybridized carbons (Fsp3) is 0.500. The first-order valence-corrected chi connectivity index (χ1v) is 4.52. The third-order valence-electron chi connectivity index (χ3n) is 1.88. The van der Waals surface area contributed by atoms with Crippen molar-refractivity contribution < 1.29 is 19.6 Å². The number of ether oxygens (including phenoxy) is 1. The highest BCUT2D eigenvalue weighted by Gasteiger charge is 2.19. The molecule has 0 saturated heterocycles. The molecule has 1 aromatic heterocycles. The van der Waals surface area contributed by atoms with Crippen molar-refractivity contribution in [1.29, 1.82) is 0 Å². The lowest BCUT2D eigenvalue weighted by molar-refractivity contribution is -0.385. The number of nitro groups is 1. The molecule has 1 aromatic rings. The van der Waals surface area contributed by atoms with E-state index < -0.39 is 10.9 Å². The maximum Gasteiger partial charge on any atom is 0.350 e. The zero-order valence-electron chi connectivity index (χ0n) is 8.62. The van der Waals surface area contributed by atoms with E-state index in [1.807, 2.05) is 0 Å². The summed E-state index contributed by atoms with van der Waals surface area (Å²) < 4.78 is 6.03. The van der Waals surface area contributed by atoms with E-state index in [0.717, 1.165) is 0 Å². The van der Waals surface area contributed by atoms with Gasteiger partial charge in [-0.2, -0.15) is 0 Å². The first-order valence-electron chi connectivity index (χ1n) is 4.52. The van der Waals surface area contributed by atoms with Gasteiger partial charge >= 0.3 is 17.5 Å². The van der Waals surface area contributed by atoms with Crippen LogP contribution in [-0.2, 0) is 11.3 Å². The van der Waals surface area contributed by atoms with Gasteiger partial charge in [0.05, 0.1) is 12.0 Å². The van der Waals surface area contributed by atoms with E-state index >= 15 is 0 Å². The topological polar surface area (TPSA) is 107 Å². The van der Waals surface area contributed by atoms with Crippen molar-refractivity contribution >= 4 is 11.7 Å². The highest BCUT2D eigenvalue weighted by molar-refractivity contribution is 5.66. The Kier molecular flexibility index (Phi) is 3.81. The molecular formula is C8H11N3O5. The van der Waals surface area contributed by atoms with Crippen LogP contribution >= 0.6 is 0 Å². The number of nitrogens with zero attached hydrogens (tertiary/aromatic N) is 3. The van der Waals surface area contributed by atoms with E-state index in [1.165, 1.54) is 18.0 Å². The molecule has 0 aliphatic carbocycles. The van der Waals surface area contributed by atoms with Gasteiger partial charge in [0.15, 0.2) is 0 Å². The van der Waals surface area contributed by atoms with Crippen molar-refractivity contribution in [2.45, 2.75) is 19.4 Å². The lowest BCUT2D eigenvalue weighted by Gasteiger charge is -1.97. The Bertz CT molecular complexity index is 400. The quantitative estimate of drug-likeness (QED) is 0.567. The lowest BCUT2D eigenvalue weighted by atomic mass is 10.3. The summed E-state index contributed by atoms with van der Waals surface area (Å²) in [6.07, 6.45) is 1.58. The molecule has 0 spiro atoms. The Morgan fingerprint density at radius 1 is 1.75 bits per heavy atom. The number of aromatic nitrogens is 2. The largest absolute Gasteiger partial charge is 0.481 e. The van der Waals surface area contributed by atoms with Crippen molar-refractivity contribution in [3.8, 4) is 5.88 Å². The Balaban J connectivity index is 2.67. The van der Waals surface area contributed by atoms with Crippen LogP contribution in [0.15, 0.2) is 6.20 Å². The van der Waals surface area contributed by atoms with Crippen molar-refractivity contribution in [1.82, 2.24) is 9.78 Å². The van der Waals surface area contributed by atoms with Gasteiger partial charge < -0.3 is 9.84 Å². The molecule has 1 N–H and O–H groups in total. The number of methoxy groups -OCH3 is 1. The van der Waals surface area contributed by atoms with Gasteiger partial charge in [-0.3, -0.25) is 19.6 Å². The number of hydrogen-bond donors (Lipinski definition) is 1. The molecule has 0 atom stereocenters. The molecule has 0 aliphatic rings. The fourth-order valence-electron chi connectivity index (χ4n) is 1.17. The summed E-state index contributed by atoms with van der Waals surface area (Å²) >= 11 is 0. The average Bonchev–Trinajstić information content (AvgIpc) is 2.60. The molecule has 0 fully saturated rings. The minimum absolute atomic E-state index is 0.00399. The molecule has 0 unspecified atom stereocenters. The van der Waals surface area contributed by atoms with Crippen LogP contribution in [0.3, 0.4) is 0 Å². The van der Waals surface area contributed by atoms with E-state index in [-0.39, 0.29) is 18.0 Å². The van der Waals surface area contributed by atoms with Gasteiger partial charge in [-0.25, -0.2) is 0 Å². The normalized spacial score (nSPS) is 10.1. The number of carboxylic acids is 1. The molecule has 0 radical (unpaired) electrons. The molecule has 16 heavy (non-hydrogen) atoms. The number of rotatable bonds is 6. The van der Waals surface area contributed by atoms with Crippen LogP contribution in [-0.4, -0.2) is 32.9 Å². The Labute approximate surface area is 90.6 Å². The third-order valence-corrected chi connectivity index (χ3v) is 1.88. The van der Waals surface area contributed by atoms with Gasteiger partial charge in [0, 0.05) is 13.0 Å². The van der Waals surface area contributed by atoms with Gasteiger partial charge in [-0.05, 0) is 6.42 Å². The van der Waals surface area contributed by atoms with Gasteiger partial charge in [0.2, 0.25) is 0 Å². The van der Waals surface area contributed by atoms with Gasteiger partial charge in [0.1, 0.15) is 6.20 Å². The standard InChI is InChI=1S/C8H11N3O5/c1-16-8-6(11(14)15)5-10(9-8)4-2-3-7(12)13/h5H,2-4H2,1H3,(H,12,13). The first kappa shape index (κ1) is 12.0. The molecule has 0 aliphatic heterocycles. The maximum absolute atomic E-state index is 10.6. The van der Waals surface area contributed by atoms with Crippen LogP contribution in [0, 0.1) is 10.1 Å². The molecular weight excluding hydrogens is 218 g/mol. The number of hydrogen-bond acceptors (Lipinski definition) is 5. The van der Waals surface area contributed by atoms with E-state index in [9.17, 15) is 14.9 Å². The summed E-state index contributed by atoms with van der Waals surface area (Å²) in [5, 5.41) is 22.8. The smallest absolute Gasteiger partial charge is 0.350 e. The second-order valence-corrected chi connectivity index (χ2v) is 3.04. The Morgan fingerprint density at radius 2 is 2.44 bits per heavy atom. The van der Waals surface area contributed by atoms with Gasteiger partial charge in [0.25, 0.3) is 0 Å². The Hall–Kier alpha value is -2.12. The number of aryl methyl sites for hydroxylation is 1. The van der Waals surface area contributed by atoms with E-state index in [0.29, 0.717) is 13.0 Å². The fourth-order valence-corrected chi connectivity index (χ4v) is 1.17. The highest BCUT2D eigenvalue weighted by atomic mass is 16.6. The van der Waals surface area contributed by atoms with E-state index in [1.54, 1.807) is 0 Å². The molecule has 1 heterocycles. The van der Waals surface area contributed by atoms with Crippen molar-refractivity contribution in [2.24, 2.45) is 0 Å². The Morgan fingerprint density at radius 3 is 2.88 bits per heavy atom. The molecule has 8 nitrogen and oxygen atoms in total. The zero-order valence-corrected chi connectivity index (χ0v) is 8.62. The first-order chi connectivity index (χ1) is 7.54. The molecule has 0 saturated carbocycles. The summed E-state index contributed by atoms with van der Waals surface area (Å²) in [6, 6.07) is 0. The summed E-state index contributed by atoms with van der Waals surface area (Å²) in [7, 11) is 1.29. The second-order valence-electron chi connectivity index (χ2n) is 3.04. The van der Waals surface area contributed by atoms with Gasteiger partial charge in [-0.1, -0.05) is 0 Å². The number of carboxylic acid groups (broad SMARTS) is 1. The summed E-state index contributed by atoms with van der Waals surface area (Å²) in [6.45, 7) is 0.302. The van der Waals surface area contributed by atoms with Crippen LogP contribution in [0.2, 0.25) is 0 Å². The molecule has 0 amide bonds. The summed E-state index contributed by atoms with van der Waals surface area (Å²) in [5.74, 6) is -0.978. The predicted molar refractivity (Wildman–Crippen MR) is 52.3 cm³/mol. The zero-order chi connectivity index (χ0) is 12.1. The SMILES string of the molecule is COc1nn(CCCC(=O)O)cc1[N+](=O)[O-]. The molecule has 1 rings (SSSR count). The maximum atomic E-state index is 10.6.